The van der Waals surface area contributed by atoms with Crippen LogP contribution < -0.4 is 15.4 Å². The van der Waals surface area contributed by atoms with E-state index in [2.05, 4.69) is 25.3 Å². The summed E-state index contributed by atoms with van der Waals surface area (Å²) in [5, 5.41) is 7.49. The second kappa shape index (κ2) is 8.03. The Labute approximate surface area is 166 Å². The third-order valence-corrected chi connectivity index (χ3v) is 4.43. The van der Waals surface area contributed by atoms with Crippen LogP contribution in [0.3, 0.4) is 0 Å². The minimum absolute atomic E-state index is 0.0490. The van der Waals surface area contributed by atoms with Gasteiger partial charge in [-0.25, -0.2) is 9.97 Å². The van der Waals surface area contributed by atoms with Gasteiger partial charge in [0.1, 0.15) is 5.15 Å². The molecule has 0 saturated heterocycles. The van der Waals surface area contributed by atoms with Crippen LogP contribution in [0.5, 0.6) is 5.75 Å². The van der Waals surface area contributed by atoms with E-state index >= 15 is 0 Å². The number of pyridine rings is 1. The summed E-state index contributed by atoms with van der Waals surface area (Å²) in [5.41, 5.74) is 1.39. The Morgan fingerprint density at radius 3 is 2.71 bits per heavy atom. The van der Waals surface area contributed by atoms with Crippen molar-refractivity contribution in [2.75, 3.05) is 12.4 Å². The summed E-state index contributed by atoms with van der Waals surface area (Å²) in [4.78, 5) is 20.0. The molecule has 1 amide bonds. The van der Waals surface area contributed by atoms with Gasteiger partial charge in [0.2, 0.25) is 0 Å². The predicted octanol–water partition coefficient (Wildman–Crippen LogP) is 4.86. The predicted molar refractivity (Wildman–Crippen MR) is 100 cm³/mol. The number of nitrogens with zero attached hydrogens (tertiary/aromatic N) is 2. The zero-order chi connectivity index (χ0) is 20.3. The highest BCUT2D eigenvalue weighted by Gasteiger charge is 2.32. The van der Waals surface area contributed by atoms with E-state index in [4.69, 9.17) is 11.6 Å². The number of thiazole rings is 1. The average Bonchev–Trinajstić information content (AvgIpc) is 3.10. The normalized spacial score (nSPS) is 11.2. The van der Waals surface area contributed by atoms with Gasteiger partial charge in [-0.3, -0.25) is 4.79 Å². The number of carbonyl (C=O) groups is 1. The van der Waals surface area contributed by atoms with Gasteiger partial charge in [0.15, 0.2) is 10.9 Å². The Hall–Kier alpha value is -2.85. The molecule has 2 aromatic heterocycles. The van der Waals surface area contributed by atoms with Gasteiger partial charge in [-0.2, -0.15) is 0 Å². The van der Waals surface area contributed by atoms with Crippen LogP contribution in [0.25, 0.3) is 11.3 Å². The molecular formula is C17H12ClF3N4O2S. The van der Waals surface area contributed by atoms with Gasteiger partial charge in [0.05, 0.1) is 11.4 Å². The van der Waals surface area contributed by atoms with Gasteiger partial charge in [0.25, 0.3) is 5.91 Å². The first-order valence-corrected chi connectivity index (χ1v) is 8.97. The van der Waals surface area contributed by atoms with Crippen LogP contribution >= 0.6 is 22.9 Å². The number of hydrogen-bond donors (Lipinski definition) is 2. The molecule has 0 aliphatic carbocycles. The highest BCUT2D eigenvalue weighted by atomic mass is 35.5. The molecule has 11 heteroatoms. The van der Waals surface area contributed by atoms with Crippen molar-refractivity contribution in [2.24, 2.45) is 0 Å². The monoisotopic (exact) mass is 428 g/mol. The molecule has 2 heterocycles. The zero-order valence-corrected chi connectivity index (χ0v) is 15.7. The van der Waals surface area contributed by atoms with Crippen LogP contribution in [0.4, 0.5) is 24.0 Å². The molecule has 6 nitrogen and oxygen atoms in total. The number of alkyl halides is 3. The van der Waals surface area contributed by atoms with E-state index in [-0.39, 0.29) is 11.3 Å². The summed E-state index contributed by atoms with van der Waals surface area (Å²) in [6, 6.07) is 6.87. The fraction of sp³-hybridized carbons (Fsp3) is 0.118. The minimum atomic E-state index is -4.88. The van der Waals surface area contributed by atoms with Gasteiger partial charge in [-0.15, -0.1) is 24.5 Å². The number of nitrogens with one attached hydrogen (secondary N) is 2. The van der Waals surface area contributed by atoms with Crippen molar-refractivity contribution in [3.63, 3.8) is 0 Å². The Kier molecular flexibility index (Phi) is 5.71. The van der Waals surface area contributed by atoms with Crippen LogP contribution in [0.1, 0.15) is 10.4 Å². The Balaban J connectivity index is 1.92. The van der Waals surface area contributed by atoms with E-state index in [1.165, 1.54) is 36.7 Å². The van der Waals surface area contributed by atoms with Crippen molar-refractivity contribution in [1.29, 1.82) is 0 Å². The zero-order valence-electron chi connectivity index (χ0n) is 14.2. The fourth-order valence-electron chi connectivity index (χ4n) is 2.27. The number of amides is 1. The van der Waals surface area contributed by atoms with E-state index in [0.717, 1.165) is 6.07 Å². The Morgan fingerprint density at radius 1 is 1.25 bits per heavy atom. The van der Waals surface area contributed by atoms with E-state index in [1.807, 2.05) is 0 Å². The topological polar surface area (TPSA) is 76.1 Å². The third kappa shape index (κ3) is 4.90. The summed E-state index contributed by atoms with van der Waals surface area (Å²) in [5.74, 6) is -0.934. The standard InChI is InChI=1S/C17H12ClF3N4O2S/c1-22-15(26)10-2-3-13(27-17(19,20)21)11(6-10)24-16-25-12(8-28-16)9-4-5-23-14(18)7-9/h2-8H,1H3,(H,22,26)(H,24,25). The van der Waals surface area contributed by atoms with Crippen LogP contribution in [0, 0.1) is 0 Å². The highest BCUT2D eigenvalue weighted by molar-refractivity contribution is 7.14. The molecule has 0 unspecified atom stereocenters. The van der Waals surface area contributed by atoms with Crippen LogP contribution in [0.15, 0.2) is 41.9 Å². The number of rotatable bonds is 5. The number of ether oxygens (including phenoxy) is 1. The largest absolute Gasteiger partial charge is 0.573 e. The van der Waals surface area contributed by atoms with Crippen molar-refractivity contribution < 1.29 is 22.7 Å². The van der Waals surface area contributed by atoms with E-state index in [0.29, 0.717) is 21.5 Å². The number of benzene rings is 1. The van der Waals surface area contributed by atoms with Crippen molar-refractivity contribution in [1.82, 2.24) is 15.3 Å². The molecule has 0 radical (unpaired) electrons. The molecule has 0 atom stereocenters. The molecule has 28 heavy (non-hydrogen) atoms. The molecule has 3 rings (SSSR count). The van der Waals surface area contributed by atoms with Crippen molar-refractivity contribution in [3.05, 3.63) is 52.6 Å². The third-order valence-electron chi connectivity index (χ3n) is 3.46. The average molecular weight is 429 g/mol. The summed E-state index contributed by atoms with van der Waals surface area (Å²) in [6.45, 7) is 0. The molecule has 0 fully saturated rings. The molecular weight excluding hydrogens is 417 g/mol. The lowest BCUT2D eigenvalue weighted by Crippen LogP contribution is -2.20. The summed E-state index contributed by atoms with van der Waals surface area (Å²) >= 11 is 7.03. The van der Waals surface area contributed by atoms with E-state index in [9.17, 15) is 18.0 Å². The summed E-state index contributed by atoms with van der Waals surface area (Å²) in [7, 11) is 1.42. The molecule has 0 spiro atoms. The molecule has 0 aliphatic rings. The molecule has 0 saturated carbocycles. The summed E-state index contributed by atoms with van der Waals surface area (Å²) < 4.78 is 42.1. The lowest BCUT2D eigenvalue weighted by molar-refractivity contribution is -0.274. The molecule has 146 valence electrons. The number of halogens is 4. The number of aromatic nitrogens is 2. The lowest BCUT2D eigenvalue weighted by Gasteiger charge is -2.14. The van der Waals surface area contributed by atoms with Gasteiger partial charge in [0, 0.05) is 29.8 Å². The first-order chi connectivity index (χ1) is 13.2. The number of carbonyl (C=O) groups excluding carboxylic acids is 1. The van der Waals surface area contributed by atoms with Crippen LogP contribution in [-0.2, 0) is 0 Å². The fourth-order valence-corrected chi connectivity index (χ4v) is 3.17. The number of anilines is 2. The second-order valence-electron chi connectivity index (χ2n) is 5.37. The lowest BCUT2D eigenvalue weighted by atomic mass is 10.1. The van der Waals surface area contributed by atoms with Crippen molar-refractivity contribution in [3.8, 4) is 17.0 Å². The SMILES string of the molecule is CNC(=O)c1ccc(OC(F)(F)F)c(Nc2nc(-c3ccnc(Cl)c3)cs2)c1. The van der Waals surface area contributed by atoms with Gasteiger partial charge >= 0.3 is 6.36 Å². The van der Waals surface area contributed by atoms with E-state index in [1.54, 1.807) is 17.5 Å². The first-order valence-electron chi connectivity index (χ1n) is 7.71. The van der Waals surface area contributed by atoms with Gasteiger partial charge in [-0.1, -0.05) is 11.6 Å². The molecule has 0 aliphatic heterocycles. The molecule has 1 aromatic carbocycles. The molecule has 2 N–H and O–H groups in total. The first kappa shape index (κ1) is 19.9. The maximum atomic E-state index is 12.7. The van der Waals surface area contributed by atoms with Gasteiger partial charge in [-0.05, 0) is 30.3 Å². The Bertz CT molecular complexity index is 1010. The van der Waals surface area contributed by atoms with Crippen LogP contribution in [0.2, 0.25) is 5.15 Å². The summed E-state index contributed by atoms with van der Waals surface area (Å²) in [6.07, 6.45) is -3.36. The van der Waals surface area contributed by atoms with Gasteiger partial charge < -0.3 is 15.4 Å². The minimum Gasteiger partial charge on any atom is -0.404 e. The van der Waals surface area contributed by atoms with E-state index < -0.39 is 18.0 Å². The quantitative estimate of drug-likeness (QED) is 0.567. The molecule has 0 bridgehead atoms. The van der Waals surface area contributed by atoms with Crippen molar-refractivity contribution in [2.45, 2.75) is 6.36 Å². The Morgan fingerprint density at radius 2 is 2.04 bits per heavy atom. The smallest absolute Gasteiger partial charge is 0.404 e. The highest BCUT2D eigenvalue weighted by Crippen LogP contribution is 2.35. The maximum absolute atomic E-state index is 12.7. The van der Waals surface area contributed by atoms with Crippen molar-refractivity contribution >= 4 is 39.7 Å². The van der Waals surface area contributed by atoms with Crippen LogP contribution in [-0.4, -0.2) is 29.3 Å². The number of hydrogen-bond acceptors (Lipinski definition) is 6. The second-order valence-corrected chi connectivity index (χ2v) is 6.61. The molecule has 3 aromatic rings. The maximum Gasteiger partial charge on any atom is 0.573 e.